The average Bonchev–Trinajstić information content (AvgIpc) is 2.90. The summed E-state index contributed by atoms with van der Waals surface area (Å²) in [4.78, 5) is 4.21. The number of aromatic nitrogens is 5. The molecule has 1 fully saturated rings. The van der Waals surface area contributed by atoms with Crippen molar-refractivity contribution in [1.82, 2.24) is 25.0 Å². The summed E-state index contributed by atoms with van der Waals surface area (Å²) in [6.07, 6.45) is -4.23. The first-order valence-electron chi connectivity index (χ1n) is 6.00. The quantitative estimate of drug-likeness (QED) is 0.477. The van der Waals surface area contributed by atoms with Crippen LogP contribution >= 0.6 is 0 Å². The van der Waals surface area contributed by atoms with Gasteiger partial charge >= 0.3 is 0 Å². The number of aliphatic hydroxyl groups excluding tert-OH is 3. The van der Waals surface area contributed by atoms with Gasteiger partial charge in [-0.05, 0) is 12.1 Å². The summed E-state index contributed by atoms with van der Waals surface area (Å²) >= 11 is 0. The maximum absolute atomic E-state index is 10.1. The third kappa shape index (κ3) is 1.73. The topological polar surface area (TPSA) is 152 Å². The van der Waals surface area contributed by atoms with Crippen LogP contribution in [0.15, 0.2) is 0 Å². The molecule has 1 aliphatic heterocycles. The molecule has 0 bridgehead atoms. The van der Waals surface area contributed by atoms with Crippen molar-refractivity contribution in [1.29, 1.82) is 0 Å². The van der Waals surface area contributed by atoms with Crippen LogP contribution in [0.1, 0.15) is 12.1 Å². The minimum atomic E-state index is -1.22. The first-order chi connectivity index (χ1) is 9.54. The van der Waals surface area contributed by atoms with Gasteiger partial charge in [0.05, 0.1) is 6.61 Å². The maximum atomic E-state index is 10.1. The van der Waals surface area contributed by atoms with Crippen LogP contribution in [0.25, 0.3) is 11.2 Å². The molecule has 0 spiro atoms. The van der Waals surface area contributed by atoms with Crippen LogP contribution in [0.3, 0.4) is 0 Å². The highest BCUT2D eigenvalue weighted by molar-refractivity contribution is 5.81. The second-order valence-electron chi connectivity index (χ2n) is 4.60. The Hall–Kier alpha value is -1.88. The fourth-order valence-electron chi connectivity index (χ4n) is 2.36. The highest BCUT2D eigenvalue weighted by atomic mass is 16.6. The number of nitrogens with zero attached hydrogens (tertiary/aromatic N) is 5. The predicted octanol–water partition coefficient (Wildman–Crippen LogP) is -2.28. The minimum Gasteiger partial charge on any atom is -0.394 e. The fourth-order valence-corrected chi connectivity index (χ4v) is 2.36. The number of aliphatic hydroxyl groups is 3. The molecule has 0 aromatic carbocycles. The van der Waals surface area contributed by atoms with E-state index in [2.05, 4.69) is 20.4 Å². The smallest absolute Gasteiger partial charge is 0.190 e. The lowest BCUT2D eigenvalue weighted by molar-refractivity contribution is -0.0519. The van der Waals surface area contributed by atoms with Crippen LogP contribution in [-0.2, 0) is 4.74 Å². The number of aryl methyl sites for hydroxylation is 1. The van der Waals surface area contributed by atoms with E-state index in [0.29, 0.717) is 17.0 Å². The number of hydrogen-bond acceptors (Lipinski definition) is 9. The Kier molecular flexibility index (Phi) is 3.01. The Morgan fingerprint density at radius 2 is 2.05 bits per heavy atom. The molecule has 2 aromatic heterocycles. The third-order valence-corrected chi connectivity index (χ3v) is 3.37. The minimum absolute atomic E-state index is 0.114. The summed E-state index contributed by atoms with van der Waals surface area (Å²) in [5.41, 5.74) is 6.31. The van der Waals surface area contributed by atoms with Gasteiger partial charge in [-0.3, -0.25) is 4.57 Å². The number of fused-ring (bicyclic) bond motifs is 1. The molecule has 108 valence electrons. The van der Waals surface area contributed by atoms with E-state index in [1.54, 1.807) is 6.92 Å². The van der Waals surface area contributed by atoms with Crippen LogP contribution in [0.5, 0.6) is 0 Å². The molecule has 20 heavy (non-hydrogen) atoms. The molecule has 0 amide bonds. The van der Waals surface area contributed by atoms with E-state index in [1.807, 2.05) is 0 Å². The zero-order chi connectivity index (χ0) is 14.4. The van der Waals surface area contributed by atoms with Crippen molar-refractivity contribution >= 4 is 17.0 Å². The van der Waals surface area contributed by atoms with Crippen LogP contribution < -0.4 is 5.73 Å². The Labute approximate surface area is 112 Å². The van der Waals surface area contributed by atoms with Gasteiger partial charge in [0.15, 0.2) is 23.2 Å². The summed E-state index contributed by atoms with van der Waals surface area (Å²) in [5, 5.41) is 39.9. The molecular weight excluding hydrogens is 268 g/mol. The maximum Gasteiger partial charge on any atom is 0.190 e. The lowest BCUT2D eigenvalue weighted by Crippen LogP contribution is -2.33. The highest BCUT2D eigenvalue weighted by Gasteiger charge is 2.44. The van der Waals surface area contributed by atoms with Gasteiger partial charge in [0, 0.05) is 0 Å². The Morgan fingerprint density at radius 3 is 2.70 bits per heavy atom. The monoisotopic (exact) mass is 282 g/mol. The Bertz CT molecular complexity index is 646. The van der Waals surface area contributed by atoms with Crippen molar-refractivity contribution in [3.05, 3.63) is 5.82 Å². The molecule has 1 saturated heterocycles. The second-order valence-corrected chi connectivity index (χ2v) is 4.60. The lowest BCUT2D eigenvalue weighted by atomic mass is 10.1. The molecule has 3 heterocycles. The summed E-state index contributed by atoms with van der Waals surface area (Å²) in [6.45, 7) is 1.27. The second kappa shape index (κ2) is 4.59. The van der Waals surface area contributed by atoms with E-state index in [4.69, 9.17) is 15.6 Å². The van der Waals surface area contributed by atoms with Gasteiger partial charge in [-0.25, -0.2) is 4.98 Å². The molecule has 0 aliphatic carbocycles. The van der Waals surface area contributed by atoms with Crippen LogP contribution in [0, 0.1) is 6.92 Å². The molecule has 5 N–H and O–H groups in total. The van der Waals surface area contributed by atoms with Gasteiger partial charge in [-0.2, -0.15) is 0 Å². The summed E-state index contributed by atoms with van der Waals surface area (Å²) in [6, 6.07) is 0. The zero-order valence-corrected chi connectivity index (χ0v) is 10.6. The van der Waals surface area contributed by atoms with Gasteiger partial charge in [-0.1, -0.05) is 0 Å². The van der Waals surface area contributed by atoms with Crippen molar-refractivity contribution in [2.75, 3.05) is 12.3 Å². The van der Waals surface area contributed by atoms with Gasteiger partial charge in [0.2, 0.25) is 0 Å². The van der Waals surface area contributed by atoms with Crippen molar-refractivity contribution in [3.63, 3.8) is 0 Å². The van der Waals surface area contributed by atoms with Crippen LogP contribution in [0.4, 0.5) is 5.82 Å². The van der Waals surface area contributed by atoms with E-state index in [1.165, 1.54) is 4.57 Å². The van der Waals surface area contributed by atoms with Crippen molar-refractivity contribution in [2.45, 2.75) is 31.5 Å². The Morgan fingerprint density at radius 1 is 1.30 bits per heavy atom. The van der Waals surface area contributed by atoms with Crippen molar-refractivity contribution in [2.24, 2.45) is 0 Å². The third-order valence-electron chi connectivity index (χ3n) is 3.37. The first-order valence-corrected chi connectivity index (χ1v) is 6.00. The fraction of sp³-hybridized carbons (Fsp3) is 0.600. The number of nitrogens with two attached hydrogens (primary N) is 1. The van der Waals surface area contributed by atoms with Gasteiger partial charge in [-0.15, -0.1) is 10.2 Å². The molecule has 10 heteroatoms. The number of nitrogen functional groups attached to an aromatic ring is 1. The van der Waals surface area contributed by atoms with E-state index in [9.17, 15) is 10.2 Å². The largest absolute Gasteiger partial charge is 0.394 e. The molecule has 0 radical (unpaired) electrons. The van der Waals surface area contributed by atoms with E-state index in [0.717, 1.165) is 0 Å². The normalized spacial score (nSPS) is 30.2. The molecule has 0 saturated carbocycles. The van der Waals surface area contributed by atoms with E-state index in [-0.39, 0.29) is 5.82 Å². The zero-order valence-electron chi connectivity index (χ0n) is 10.6. The SMILES string of the molecule is Cc1nc2c(N)nnnc2n1[C@@H]1O[C@H](CO)[C@@H](O)[C@H]1O. The number of hydrogen-bond donors (Lipinski definition) is 4. The van der Waals surface area contributed by atoms with Gasteiger partial charge in [0.1, 0.15) is 24.1 Å². The average molecular weight is 282 g/mol. The molecule has 4 atom stereocenters. The van der Waals surface area contributed by atoms with Gasteiger partial charge in [0.25, 0.3) is 0 Å². The van der Waals surface area contributed by atoms with Crippen molar-refractivity contribution < 1.29 is 20.1 Å². The summed E-state index contributed by atoms with van der Waals surface area (Å²) in [5.74, 6) is 0.590. The molecule has 10 nitrogen and oxygen atoms in total. The number of ether oxygens (including phenoxy) is 1. The number of anilines is 1. The number of rotatable bonds is 2. The molecule has 1 aliphatic rings. The lowest BCUT2D eigenvalue weighted by Gasteiger charge is -2.17. The van der Waals surface area contributed by atoms with E-state index < -0.39 is 31.1 Å². The molecular formula is C10H14N6O4. The molecule has 3 rings (SSSR count). The highest BCUT2D eigenvalue weighted by Crippen LogP contribution is 2.32. The van der Waals surface area contributed by atoms with Crippen molar-refractivity contribution in [3.8, 4) is 0 Å². The predicted molar refractivity (Wildman–Crippen MR) is 65.3 cm³/mol. The first kappa shape index (κ1) is 13.1. The summed E-state index contributed by atoms with van der Waals surface area (Å²) in [7, 11) is 0. The molecule has 2 aromatic rings. The molecule has 0 unspecified atom stereocenters. The standard InChI is InChI=1S/C10H14N6O4/c1-3-12-5-8(11)13-15-14-9(5)16(3)10-7(19)6(18)4(2-17)20-10/h4,6-7,10,17-19H,2H2,1H3,(H2,11,13,14)/t4-,6-,7-,10-/m1/s1. The summed E-state index contributed by atoms with van der Waals surface area (Å²) < 4.78 is 6.93. The number of imidazole rings is 1. The van der Waals surface area contributed by atoms with E-state index >= 15 is 0 Å². The van der Waals surface area contributed by atoms with Crippen LogP contribution in [-0.4, -0.2) is 65.2 Å². The van der Waals surface area contributed by atoms with Crippen LogP contribution in [0.2, 0.25) is 0 Å². The van der Waals surface area contributed by atoms with Gasteiger partial charge < -0.3 is 25.8 Å². The Balaban J connectivity index is 2.11.